The molecule has 7 nitrogen and oxygen atoms in total. The van der Waals surface area contributed by atoms with Gasteiger partial charge in [0.15, 0.2) is 0 Å². The third kappa shape index (κ3) is 5.01. The van der Waals surface area contributed by atoms with Crippen LogP contribution in [0.2, 0.25) is 0 Å². The molecule has 140 valence electrons. The van der Waals surface area contributed by atoms with Crippen LogP contribution in [-0.2, 0) is 14.8 Å². The molecular weight excluding hydrogens is 362 g/mol. The largest absolute Gasteiger partial charge is 0.376 e. The second kappa shape index (κ2) is 8.59. The van der Waals surface area contributed by atoms with Crippen LogP contribution in [0.3, 0.4) is 0 Å². The molecule has 1 aromatic heterocycles. The topological polar surface area (TPSA) is 79.0 Å². The van der Waals surface area contributed by atoms with Gasteiger partial charge in [0, 0.05) is 45.9 Å². The average Bonchev–Trinajstić information content (AvgIpc) is 3.32. The maximum Gasteiger partial charge on any atom is 0.264 e. The molecule has 0 spiro atoms. The number of nitrogens with zero attached hydrogens (tertiary/aromatic N) is 2. The summed E-state index contributed by atoms with van der Waals surface area (Å²) in [6.07, 6.45) is 1.91. The van der Waals surface area contributed by atoms with Crippen molar-refractivity contribution in [3.63, 3.8) is 0 Å². The van der Waals surface area contributed by atoms with Gasteiger partial charge in [-0.05, 0) is 24.3 Å². The summed E-state index contributed by atoms with van der Waals surface area (Å²) in [6, 6.07) is 3.61. The van der Waals surface area contributed by atoms with Crippen LogP contribution in [0.4, 0.5) is 0 Å². The van der Waals surface area contributed by atoms with Gasteiger partial charge in [0.05, 0.1) is 16.7 Å². The monoisotopic (exact) mass is 387 g/mol. The minimum atomic E-state index is -3.35. The maximum atomic E-state index is 12.7. The third-order valence-electron chi connectivity index (χ3n) is 4.56. The Morgan fingerprint density at radius 2 is 2.20 bits per heavy atom. The number of thiophene rings is 1. The Labute approximate surface area is 153 Å². The number of ether oxygens (including phenoxy) is 1. The zero-order chi connectivity index (χ0) is 17.7. The molecule has 2 aliphatic rings. The average molecular weight is 388 g/mol. The number of sulfonamides is 1. The summed E-state index contributed by atoms with van der Waals surface area (Å²) in [5.74, 6) is -0.155. The van der Waals surface area contributed by atoms with E-state index in [0.29, 0.717) is 44.2 Å². The van der Waals surface area contributed by atoms with E-state index >= 15 is 0 Å². The van der Waals surface area contributed by atoms with Crippen molar-refractivity contribution in [3.05, 3.63) is 22.4 Å². The van der Waals surface area contributed by atoms with Gasteiger partial charge in [0.25, 0.3) is 5.91 Å². The van der Waals surface area contributed by atoms with Crippen molar-refractivity contribution in [2.75, 3.05) is 51.6 Å². The number of nitrogens with one attached hydrogen (secondary N) is 1. The summed E-state index contributed by atoms with van der Waals surface area (Å²) in [4.78, 5) is 15.0. The molecule has 2 aliphatic heterocycles. The van der Waals surface area contributed by atoms with Crippen molar-refractivity contribution in [2.45, 2.75) is 18.9 Å². The zero-order valence-electron chi connectivity index (χ0n) is 14.2. The SMILES string of the molecule is O=C(c1cccs1)N(CCS(=O)(=O)N1CCNCC1)C[C@@H]1CCCO1. The van der Waals surface area contributed by atoms with Gasteiger partial charge >= 0.3 is 0 Å². The summed E-state index contributed by atoms with van der Waals surface area (Å²) in [6.45, 7) is 3.70. The Balaban J connectivity index is 1.65. The highest BCUT2D eigenvalue weighted by Crippen LogP contribution is 2.17. The molecule has 1 amide bonds. The van der Waals surface area contributed by atoms with Crippen LogP contribution < -0.4 is 5.32 Å². The predicted octanol–water partition coefficient (Wildman–Crippen LogP) is 0.604. The highest BCUT2D eigenvalue weighted by atomic mass is 32.2. The van der Waals surface area contributed by atoms with E-state index in [9.17, 15) is 13.2 Å². The van der Waals surface area contributed by atoms with Crippen molar-refractivity contribution in [3.8, 4) is 0 Å². The molecule has 3 heterocycles. The normalized spacial score (nSPS) is 22.2. The van der Waals surface area contributed by atoms with E-state index < -0.39 is 10.0 Å². The van der Waals surface area contributed by atoms with Crippen LogP contribution in [0.15, 0.2) is 17.5 Å². The lowest BCUT2D eigenvalue weighted by atomic mass is 10.2. The molecule has 2 fully saturated rings. The van der Waals surface area contributed by atoms with Gasteiger partial charge < -0.3 is 15.0 Å². The Bertz CT molecular complexity index is 651. The van der Waals surface area contributed by atoms with Crippen molar-refractivity contribution in [1.29, 1.82) is 0 Å². The molecule has 0 aromatic carbocycles. The minimum Gasteiger partial charge on any atom is -0.376 e. The van der Waals surface area contributed by atoms with E-state index in [1.54, 1.807) is 11.0 Å². The minimum absolute atomic E-state index is 0.00537. The lowest BCUT2D eigenvalue weighted by molar-refractivity contribution is 0.0544. The second-order valence-electron chi connectivity index (χ2n) is 6.33. The number of hydrogen-bond donors (Lipinski definition) is 1. The summed E-state index contributed by atoms with van der Waals surface area (Å²) in [7, 11) is -3.35. The number of piperazine rings is 1. The van der Waals surface area contributed by atoms with Gasteiger partial charge in [-0.25, -0.2) is 8.42 Å². The summed E-state index contributed by atoms with van der Waals surface area (Å²) in [5.41, 5.74) is 0. The number of carbonyl (C=O) groups is 1. The fourth-order valence-electron chi connectivity index (χ4n) is 3.14. The Kier molecular flexibility index (Phi) is 6.45. The first-order valence-corrected chi connectivity index (χ1v) is 11.2. The molecule has 0 bridgehead atoms. The van der Waals surface area contributed by atoms with Crippen LogP contribution in [0, 0.1) is 0 Å². The lowest BCUT2D eigenvalue weighted by Crippen LogP contribution is -2.49. The Morgan fingerprint density at radius 1 is 1.40 bits per heavy atom. The van der Waals surface area contributed by atoms with E-state index in [-0.39, 0.29) is 24.3 Å². The molecule has 0 radical (unpaired) electrons. The van der Waals surface area contributed by atoms with Crippen molar-refractivity contribution in [1.82, 2.24) is 14.5 Å². The molecular formula is C16H25N3O4S2. The Hall–Kier alpha value is -1.00. The number of hydrogen-bond acceptors (Lipinski definition) is 6. The van der Waals surface area contributed by atoms with Crippen LogP contribution in [0.1, 0.15) is 22.5 Å². The first-order chi connectivity index (χ1) is 12.1. The number of amides is 1. The quantitative estimate of drug-likeness (QED) is 0.741. The predicted molar refractivity (Wildman–Crippen MR) is 97.4 cm³/mol. The van der Waals surface area contributed by atoms with Crippen molar-refractivity contribution < 1.29 is 17.9 Å². The summed E-state index contributed by atoms with van der Waals surface area (Å²) < 4.78 is 32.3. The molecule has 1 atom stereocenters. The first-order valence-electron chi connectivity index (χ1n) is 8.69. The molecule has 2 saturated heterocycles. The van der Waals surface area contributed by atoms with Crippen LogP contribution >= 0.6 is 11.3 Å². The summed E-state index contributed by atoms with van der Waals surface area (Å²) >= 11 is 1.38. The van der Waals surface area contributed by atoms with Gasteiger partial charge in [-0.3, -0.25) is 4.79 Å². The van der Waals surface area contributed by atoms with Crippen LogP contribution in [-0.4, -0.2) is 81.3 Å². The molecule has 1 aromatic rings. The second-order valence-corrected chi connectivity index (χ2v) is 9.36. The highest BCUT2D eigenvalue weighted by molar-refractivity contribution is 7.89. The number of carbonyl (C=O) groups excluding carboxylic acids is 1. The molecule has 3 rings (SSSR count). The van der Waals surface area contributed by atoms with Crippen molar-refractivity contribution in [2.24, 2.45) is 0 Å². The standard InChI is InChI=1S/C16H25N3O4S2/c20-16(15-4-2-11-24-15)18(13-14-3-1-10-23-14)9-12-25(21,22)19-7-5-17-6-8-19/h2,4,11,14,17H,1,3,5-10,12-13H2/t14-/m0/s1. The van der Waals surface area contributed by atoms with E-state index in [1.165, 1.54) is 15.6 Å². The van der Waals surface area contributed by atoms with Crippen LogP contribution in [0.25, 0.3) is 0 Å². The molecule has 1 N–H and O–H groups in total. The van der Waals surface area contributed by atoms with Gasteiger partial charge in [-0.15, -0.1) is 11.3 Å². The Morgan fingerprint density at radius 3 is 2.84 bits per heavy atom. The van der Waals surface area contributed by atoms with Gasteiger partial charge in [-0.2, -0.15) is 4.31 Å². The molecule has 9 heteroatoms. The molecule has 0 unspecified atom stereocenters. The fraction of sp³-hybridized carbons (Fsp3) is 0.688. The molecule has 25 heavy (non-hydrogen) atoms. The summed E-state index contributed by atoms with van der Waals surface area (Å²) in [5, 5.41) is 5.01. The number of rotatable bonds is 7. The third-order valence-corrected chi connectivity index (χ3v) is 7.26. The van der Waals surface area contributed by atoms with E-state index in [2.05, 4.69) is 5.32 Å². The lowest BCUT2D eigenvalue weighted by Gasteiger charge is -2.29. The van der Waals surface area contributed by atoms with Crippen LogP contribution in [0.5, 0.6) is 0 Å². The maximum absolute atomic E-state index is 12.7. The van der Waals surface area contributed by atoms with E-state index in [1.807, 2.05) is 11.4 Å². The first kappa shape index (κ1) is 18.8. The smallest absolute Gasteiger partial charge is 0.264 e. The molecule has 0 saturated carbocycles. The van der Waals surface area contributed by atoms with E-state index in [0.717, 1.165) is 12.8 Å². The van der Waals surface area contributed by atoms with Gasteiger partial charge in [-0.1, -0.05) is 6.07 Å². The van der Waals surface area contributed by atoms with Gasteiger partial charge in [0.2, 0.25) is 10.0 Å². The van der Waals surface area contributed by atoms with Gasteiger partial charge in [0.1, 0.15) is 0 Å². The van der Waals surface area contributed by atoms with E-state index in [4.69, 9.17) is 4.74 Å². The highest BCUT2D eigenvalue weighted by Gasteiger charge is 2.28. The molecule has 0 aliphatic carbocycles. The fourth-order valence-corrected chi connectivity index (χ4v) is 5.28. The zero-order valence-corrected chi connectivity index (χ0v) is 15.9. The van der Waals surface area contributed by atoms with Crippen molar-refractivity contribution >= 4 is 27.3 Å².